The third-order valence-electron chi connectivity index (χ3n) is 2.85. The number of benzene rings is 1. The number of hydrogen-bond donors (Lipinski definition) is 0. The summed E-state index contributed by atoms with van der Waals surface area (Å²) in [5.41, 5.74) is 2.13. The lowest BCUT2D eigenvalue weighted by atomic mass is 9.95. The lowest BCUT2D eigenvalue weighted by molar-refractivity contribution is 0.460. The maximum atomic E-state index is 11.3. The van der Waals surface area contributed by atoms with Crippen LogP contribution in [0.1, 0.15) is 12.5 Å². The molecule has 0 fully saturated rings. The molecule has 3 heteroatoms. The van der Waals surface area contributed by atoms with Gasteiger partial charge in [-0.2, -0.15) is 0 Å². The van der Waals surface area contributed by atoms with Crippen LogP contribution in [0.2, 0.25) is 0 Å². The van der Waals surface area contributed by atoms with E-state index < -0.39 is 0 Å². The Morgan fingerprint density at radius 1 is 1.41 bits per heavy atom. The number of nitrogens with zero attached hydrogens (tertiary/aromatic N) is 1. The second-order valence-electron chi connectivity index (χ2n) is 4.11. The number of allylic oxidation sites excluding steroid dienone is 1. The van der Waals surface area contributed by atoms with Gasteiger partial charge in [-0.1, -0.05) is 43.8 Å². The van der Waals surface area contributed by atoms with Crippen LogP contribution in [0.4, 0.5) is 0 Å². The second-order valence-corrected chi connectivity index (χ2v) is 4.11. The zero-order chi connectivity index (χ0) is 12.3. The number of hydrogen-bond acceptors (Lipinski definition) is 2. The molecular weight excluding hydrogens is 214 g/mol. The number of aromatic nitrogens is 1. The highest BCUT2D eigenvalue weighted by Gasteiger charge is 2.10. The van der Waals surface area contributed by atoms with E-state index in [2.05, 4.69) is 13.5 Å². The molecule has 0 bridgehead atoms. The van der Waals surface area contributed by atoms with E-state index in [0.29, 0.717) is 6.54 Å². The van der Waals surface area contributed by atoms with Crippen molar-refractivity contribution in [2.75, 3.05) is 0 Å². The van der Waals surface area contributed by atoms with Gasteiger partial charge in [0, 0.05) is 12.7 Å². The molecule has 0 amide bonds. The molecule has 1 aromatic carbocycles. The van der Waals surface area contributed by atoms with Crippen molar-refractivity contribution in [1.82, 2.24) is 4.57 Å². The summed E-state index contributed by atoms with van der Waals surface area (Å²) in [6.07, 6.45) is 3.05. The lowest BCUT2D eigenvalue weighted by Gasteiger charge is -2.14. The maximum absolute atomic E-state index is 11.3. The van der Waals surface area contributed by atoms with Crippen LogP contribution in [0.5, 0.6) is 0 Å². The van der Waals surface area contributed by atoms with Crippen molar-refractivity contribution in [3.05, 3.63) is 65.5 Å². The van der Waals surface area contributed by atoms with Gasteiger partial charge in [-0.25, -0.2) is 4.79 Å². The first-order chi connectivity index (χ1) is 8.18. The summed E-state index contributed by atoms with van der Waals surface area (Å²) in [5, 5.41) is 0. The minimum absolute atomic E-state index is 0.188. The molecule has 0 N–H and O–H groups in total. The molecule has 1 atom stereocenters. The fourth-order valence-electron chi connectivity index (χ4n) is 1.77. The van der Waals surface area contributed by atoms with E-state index in [4.69, 9.17) is 4.42 Å². The summed E-state index contributed by atoms with van der Waals surface area (Å²) >= 11 is 0. The Morgan fingerprint density at radius 2 is 2.12 bits per heavy atom. The number of oxazole rings is 1. The normalized spacial score (nSPS) is 12.3. The zero-order valence-corrected chi connectivity index (χ0v) is 9.80. The minimum Gasteiger partial charge on any atom is -0.416 e. The number of rotatable bonds is 4. The van der Waals surface area contributed by atoms with Crippen molar-refractivity contribution >= 4 is 5.57 Å². The molecule has 1 aromatic heterocycles. The Hall–Kier alpha value is -2.03. The van der Waals surface area contributed by atoms with Gasteiger partial charge in [-0.05, 0) is 17.1 Å². The van der Waals surface area contributed by atoms with Crippen LogP contribution >= 0.6 is 0 Å². The van der Waals surface area contributed by atoms with Crippen LogP contribution in [0.25, 0.3) is 5.57 Å². The summed E-state index contributed by atoms with van der Waals surface area (Å²) in [7, 11) is 0. The first-order valence-corrected chi connectivity index (χ1v) is 5.56. The molecule has 2 aromatic rings. The first-order valence-electron chi connectivity index (χ1n) is 5.56. The van der Waals surface area contributed by atoms with E-state index in [-0.39, 0.29) is 11.7 Å². The van der Waals surface area contributed by atoms with Crippen molar-refractivity contribution < 1.29 is 4.42 Å². The van der Waals surface area contributed by atoms with E-state index in [1.807, 2.05) is 30.3 Å². The summed E-state index contributed by atoms with van der Waals surface area (Å²) in [5.74, 6) is -0.134. The quantitative estimate of drug-likeness (QED) is 0.808. The monoisotopic (exact) mass is 229 g/mol. The molecule has 88 valence electrons. The van der Waals surface area contributed by atoms with Crippen LogP contribution in [0, 0.1) is 5.92 Å². The van der Waals surface area contributed by atoms with E-state index in [0.717, 1.165) is 11.1 Å². The van der Waals surface area contributed by atoms with Gasteiger partial charge >= 0.3 is 5.76 Å². The Morgan fingerprint density at radius 3 is 2.71 bits per heavy atom. The minimum atomic E-state index is -0.322. The average Bonchev–Trinajstić information content (AvgIpc) is 2.75. The molecule has 3 nitrogen and oxygen atoms in total. The molecule has 0 radical (unpaired) electrons. The summed E-state index contributed by atoms with van der Waals surface area (Å²) in [6.45, 7) is 6.73. The molecule has 2 rings (SSSR count). The van der Waals surface area contributed by atoms with E-state index in [1.165, 1.54) is 6.26 Å². The summed E-state index contributed by atoms with van der Waals surface area (Å²) in [4.78, 5) is 11.3. The van der Waals surface area contributed by atoms with Gasteiger partial charge in [0.15, 0.2) is 0 Å². The fourth-order valence-corrected chi connectivity index (χ4v) is 1.77. The van der Waals surface area contributed by atoms with Crippen LogP contribution in [-0.2, 0) is 6.54 Å². The zero-order valence-electron chi connectivity index (χ0n) is 9.80. The lowest BCUT2D eigenvalue weighted by Crippen LogP contribution is -2.18. The SMILES string of the molecule is C=C(c1ccccc1)C(C)Cn1ccoc1=O. The molecule has 1 heterocycles. The third-order valence-corrected chi connectivity index (χ3v) is 2.85. The van der Waals surface area contributed by atoms with Crippen LogP contribution in [0.3, 0.4) is 0 Å². The molecule has 0 spiro atoms. The average molecular weight is 229 g/mol. The van der Waals surface area contributed by atoms with Crippen LogP contribution in [0.15, 0.2) is 58.6 Å². The highest BCUT2D eigenvalue weighted by Crippen LogP contribution is 2.21. The predicted molar refractivity (Wildman–Crippen MR) is 67.6 cm³/mol. The van der Waals surface area contributed by atoms with Crippen molar-refractivity contribution in [3.63, 3.8) is 0 Å². The van der Waals surface area contributed by atoms with Gasteiger partial charge < -0.3 is 4.42 Å². The fraction of sp³-hybridized carbons (Fsp3) is 0.214. The van der Waals surface area contributed by atoms with Gasteiger partial charge in [0.25, 0.3) is 0 Å². The summed E-state index contributed by atoms with van der Waals surface area (Å²) < 4.78 is 6.28. The van der Waals surface area contributed by atoms with Gasteiger partial charge in [-0.15, -0.1) is 0 Å². The van der Waals surface area contributed by atoms with E-state index >= 15 is 0 Å². The molecule has 1 unspecified atom stereocenters. The van der Waals surface area contributed by atoms with E-state index in [9.17, 15) is 4.79 Å². The standard InChI is InChI=1S/C14H15NO2/c1-11(10-15-8-9-17-14(15)16)12(2)13-6-4-3-5-7-13/h3-9,11H,2,10H2,1H3. The topological polar surface area (TPSA) is 35.1 Å². The highest BCUT2D eigenvalue weighted by molar-refractivity contribution is 5.64. The van der Waals surface area contributed by atoms with Crippen molar-refractivity contribution in [2.45, 2.75) is 13.5 Å². The molecule has 0 saturated heterocycles. The highest BCUT2D eigenvalue weighted by atomic mass is 16.4. The van der Waals surface area contributed by atoms with Gasteiger partial charge in [0.2, 0.25) is 0 Å². The predicted octanol–water partition coefficient (Wildman–Crippen LogP) is 2.79. The van der Waals surface area contributed by atoms with Gasteiger partial charge in [0.05, 0.1) is 0 Å². The van der Waals surface area contributed by atoms with Gasteiger partial charge in [0.1, 0.15) is 6.26 Å². The van der Waals surface area contributed by atoms with Gasteiger partial charge in [-0.3, -0.25) is 4.57 Å². The largest absolute Gasteiger partial charge is 0.418 e. The molecule has 0 aliphatic carbocycles. The van der Waals surface area contributed by atoms with Crippen molar-refractivity contribution in [1.29, 1.82) is 0 Å². The second kappa shape index (κ2) is 4.87. The molecular formula is C14H15NO2. The third kappa shape index (κ3) is 2.56. The van der Waals surface area contributed by atoms with E-state index in [1.54, 1.807) is 10.8 Å². The van der Waals surface area contributed by atoms with Crippen LogP contribution in [-0.4, -0.2) is 4.57 Å². The van der Waals surface area contributed by atoms with Crippen molar-refractivity contribution in [2.24, 2.45) is 5.92 Å². The van der Waals surface area contributed by atoms with Crippen LogP contribution < -0.4 is 5.76 Å². The molecule has 0 aliphatic rings. The smallest absolute Gasteiger partial charge is 0.416 e. The molecule has 0 aliphatic heterocycles. The molecule has 0 saturated carbocycles. The summed E-state index contributed by atoms with van der Waals surface area (Å²) in [6, 6.07) is 9.99. The van der Waals surface area contributed by atoms with Crippen molar-refractivity contribution in [3.8, 4) is 0 Å². The Balaban J connectivity index is 2.11. The maximum Gasteiger partial charge on any atom is 0.418 e. The Bertz CT molecular complexity index is 551. The first kappa shape index (κ1) is 11.5. The Labute approximate surface area is 100 Å². The Kier molecular flexibility index (Phi) is 3.28. The molecule has 17 heavy (non-hydrogen) atoms.